The van der Waals surface area contributed by atoms with Gasteiger partial charge >= 0.3 is 0 Å². The lowest BCUT2D eigenvalue weighted by Crippen LogP contribution is -2.70. The zero-order valence-corrected chi connectivity index (χ0v) is 18.2. The predicted octanol–water partition coefficient (Wildman–Crippen LogP) is 3.08. The van der Waals surface area contributed by atoms with Gasteiger partial charge in [-0.05, 0) is 54.6 Å². The molecule has 0 radical (unpaired) electrons. The Labute approximate surface area is 161 Å². The molecule has 3 rings (SSSR count). The molecule has 138 valence electrons. The molecule has 0 spiro atoms. The van der Waals surface area contributed by atoms with Crippen LogP contribution in [0, 0.1) is 0 Å². The zero-order chi connectivity index (χ0) is 18.9. The SMILES string of the molecule is CC(C)(C)N1CCN(C(C)(C)C)B1[Si-](c1ccccc1)c1ccccc1. The van der Waals surface area contributed by atoms with Crippen molar-refractivity contribution in [2.24, 2.45) is 0 Å². The fraction of sp³-hybridized carbons (Fsp3) is 0.455. The summed E-state index contributed by atoms with van der Waals surface area (Å²) in [5.41, 5.74) is 0.314. The average molecular weight is 363 g/mol. The van der Waals surface area contributed by atoms with Crippen LogP contribution in [0.4, 0.5) is 0 Å². The minimum Gasteiger partial charge on any atom is -0.350 e. The van der Waals surface area contributed by atoms with Gasteiger partial charge in [-0.25, -0.2) is 8.67 Å². The second kappa shape index (κ2) is 7.34. The highest BCUT2D eigenvalue weighted by atomic mass is 28.3. The van der Waals surface area contributed by atoms with Crippen LogP contribution in [0.15, 0.2) is 60.7 Å². The molecule has 0 bridgehead atoms. The van der Waals surface area contributed by atoms with Crippen LogP contribution in [0.2, 0.25) is 0 Å². The Morgan fingerprint density at radius 1 is 0.654 bits per heavy atom. The largest absolute Gasteiger partial charge is 0.350 e. The Hall–Kier alpha value is -1.36. The van der Waals surface area contributed by atoms with Gasteiger partial charge in [0.15, 0.2) is 0 Å². The first-order valence-electron chi connectivity index (χ1n) is 9.71. The molecule has 1 saturated heterocycles. The van der Waals surface area contributed by atoms with E-state index in [-0.39, 0.29) is 11.1 Å². The number of nitrogens with zero attached hydrogens (tertiary/aromatic N) is 2. The van der Waals surface area contributed by atoms with Crippen LogP contribution in [-0.2, 0) is 0 Å². The molecule has 0 unspecified atom stereocenters. The summed E-state index contributed by atoms with van der Waals surface area (Å²) in [6.45, 7) is 16.9. The van der Waals surface area contributed by atoms with E-state index >= 15 is 0 Å². The summed E-state index contributed by atoms with van der Waals surface area (Å²) in [6.07, 6.45) is 0. The highest BCUT2D eigenvalue weighted by Gasteiger charge is 2.42. The summed E-state index contributed by atoms with van der Waals surface area (Å²) in [6, 6.07) is 22.4. The molecular formula is C22H32BN2Si-. The zero-order valence-electron chi connectivity index (χ0n) is 17.2. The fourth-order valence-electron chi connectivity index (χ4n) is 4.04. The van der Waals surface area contributed by atoms with Crippen LogP contribution in [0.1, 0.15) is 41.5 Å². The van der Waals surface area contributed by atoms with E-state index in [9.17, 15) is 0 Å². The van der Waals surface area contributed by atoms with Crippen molar-refractivity contribution in [2.75, 3.05) is 13.1 Å². The van der Waals surface area contributed by atoms with Crippen LogP contribution >= 0.6 is 0 Å². The van der Waals surface area contributed by atoms with Gasteiger partial charge in [-0.1, -0.05) is 60.7 Å². The van der Waals surface area contributed by atoms with E-state index < -0.39 is 8.67 Å². The summed E-state index contributed by atoms with van der Waals surface area (Å²) in [4.78, 5) is 5.49. The van der Waals surface area contributed by atoms with Crippen molar-refractivity contribution >= 4 is 25.6 Å². The first-order valence-corrected chi connectivity index (χ1v) is 11.3. The summed E-state index contributed by atoms with van der Waals surface area (Å²) in [5.74, 6) is 0. The van der Waals surface area contributed by atoms with Gasteiger partial charge in [-0.3, -0.25) is 0 Å². The summed E-state index contributed by atoms with van der Waals surface area (Å²) >= 11 is 0. The Balaban J connectivity index is 2.15. The van der Waals surface area contributed by atoms with Crippen molar-refractivity contribution in [3.05, 3.63) is 60.7 Å². The lowest BCUT2D eigenvalue weighted by molar-refractivity contribution is 0.271. The van der Waals surface area contributed by atoms with Crippen molar-refractivity contribution in [3.8, 4) is 0 Å². The minimum atomic E-state index is -0.987. The van der Waals surface area contributed by atoms with Gasteiger partial charge in [0, 0.05) is 11.1 Å². The number of hydrogen-bond acceptors (Lipinski definition) is 2. The Bertz CT molecular complexity index is 645. The van der Waals surface area contributed by atoms with Crippen molar-refractivity contribution < 1.29 is 0 Å². The molecule has 0 amide bonds. The van der Waals surface area contributed by atoms with Gasteiger partial charge in [0.2, 0.25) is 0 Å². The maximum Gasteiger partial charge on any atom is 0.148 e. The standard InChI is InChI=1S/C22H32BN2Si/c1-21(2,3)24-17-18-25(22(4,5)6)23(24)26(19-13-9-7-10-14-19)20-15-11-8-12-16-20/h7-16H,17-18H2,1-6H3/q-1. The van der Waals surface area contributed by atoms with E-state index in [0.29, 0.717) is 6.57 Å². The monoisotopic (exact) mass is 363 g/mol. The predicted molar refractivity (Wildman–Crippen MR) is 117 cm³/mol. The van der Waals surface area contributed by atoms with E-state index in [1.807, 2.05) is 0 Å². The topological polar surface area (TPSA) is 6.48 Å². The van der Waals surface area contributed by atoms with Crippen LogP contribution in [0.5, 0.6) is 0 Å². The lowest BCUT2D eigenvalue weighted by atomic mass is 9.90. The molecule has 2 nitrogen and oxygen atoms in total. The smallest absolute Gasteiger partial charge is 0.148 e. The molecule has 2 aromatic carbocycles. The molecule has 0 N–H and O–H groups in total. The molecule has 0 atom stereocenters. The molecule has 26 heavy (non-hydrogen) atoms. The first-order chi connectivity index (χ1) is 12.2. The third kappa shape index (κ3) is 3.98. The molecular weight excluding hydrogens is 331 g/mol. The van der Waals surface area contributed by atoms with E-state index in [2.05, 4.69) is 112 Å². The second-order valence-electron chi connectivity index (χ2n) is 9.25. The number of hydrogen-bond donors (Lipinski definition) is 0. The van der Waals surface area contributed by atoms with Crippen molar-refractivity contribution in [1.29, 1.82) is 0 Å². The summed E-state index contributed by atoms with van der Waals surface area (Å²) in [5, 5.41) is 3.00. The molecule has 1 aliphatic rings. The maximum absolute atomic E-state index is 2.74. The molecule has 1 heterocycles. The quantitative estimate of drug-likeness (QED) is 0.774. The van der Waals surface area contributed by atoms with Gasteiger partial charge < -0.3 is 9.62 Å². The third-order valence-corrected chi connectivity index (χ3v) is 8.37. The van der Waals surface area contributed by atoms with Crippen LogP contribution < -0.4 is 10.4 Å². The summed E-state index contributed by atoms with van der Waals surface area (Å²) in [7, 11) is -0.987. The van der Waals surface area contributed by atoms with Gasteiger partial charge in [-0.2, -0.15) is 10.4 Å². The Kier molecular flexibility index (Phi) is 5.48. The molecule has 4 heteroatoms. The van der Waals surface area contributed by atoms with Crippen molar-refractivity contribution in [1.82, 2.24) is 9.62 Å². The molecule has 1 aliphatic heterocycles. The fourth-order valence-corrected chi connectivity index (χ4v) is 7.73. The molecule has 0 aromatic heterocycles. The van der Waals surface area contributed by atoms with Gasteiger partial charge in [0.1, 0.15) is 6.57 Å². The second-order valence-corrected chi connectivity index (χ2v) is 11.7. The van der Waals surface area contributed by atoms with E-state index in [4.69, 9.17) is 0 Å². The molecule has 0 saturated carbocycles. The average Bonchev–Trinajstić information content (AvgIpc) is 3.02. The van der Waals surface area contributed by atoms with Gasteiger partial charge in [-0.15, -0.1) is 0 Å². The van der Waals surface area contributed by atoms with Gasteiger partial charge in [0.05, 0.1) is 0 Å². The molecule has 2 aromatic rings. The minimum absolute atomic E-state index is 0.157. The Morgan fingerprint density at radius 3 is 1.31 bits per heavy atom. The Morgan fingerprint density at radius 2 is 1.00 bits per heavy atom. The maximum atomic E-state index is 2.74. The van der Waals surface area contributed by atoms with Crippen LogP contribution in [0.25, 0.3) is 0 Å². The highest BCUT2D eigenvalue weighted by Crippen LogP contribution is 2.29. The van der Waals surface area contributed by atoms with Crippen LogP contribution in [0.3, 0.4) is 0 Å². The van der Waals surface area contributed by atoms with Crippen molar-refractivity contribution in [2.45, 2.75) is 52.6 Å². The van der Waals surface area contributed by atoms with Gasteiger partial charge in [0.25, 0.3) is 0 Å². The van der Waals surface area contributed by atoms with E-state index in [1.54, 1.807) is 0 Å². The van der Waals surface area contributed by atoms with E-state index in [1.165, 1.54) is 10.4 Å². The molecule has 1 fully saturated rings. The highest BCUT2D eigenvalue weighted by molar-refractivity contribution is 7.31. The normalized spacial score (nSPS) is 16.9. The lowest BCUT2D eigenvalue weighted by Gasteiger charge is -2.52. The first kappa shape index (κ1) is 19.4. The third-order valence-electron chi connectivity index (χ3n) is 5.32. The van der Waals surface area contributed by atoms with Crippen molar-refractivity contribution in [3.63, 3.8) is 0 Å². The summed E-state index contributed by atoms with van der Waals surface area (Å²) < 4.78 is 0. The van der Waals surface area contributed by atoms with E-state index in [0.717, 1.165) is 13.1 Å². The number of benzene rings is 2. The molecule has 0 aliphatic carbocycles. The van der Waals surface area contributed by atoms with Crippen LogP contribution in [-0.4, -0.2) is 49.0 Å². The number of rotatable bonds is 3.